The van der Waals surface area contributed by atoms with Crippen LogP contribution < -0.4 is 5.32 Å². The van der Waals surface area contributed by atoms with E-state index in [4.69, 9.17) is 34.8 Å². The minimum Gasteiger partial charge on any atom is -0.322 e. The first-order chi connectivity index (χ1) is 9.40. The van der Waals surface area contributed by atoms with Crippen molar-refractivity contribution in [1.82, 2.24) is 9.78 Å². The van der Waals surface area contributed by atoms with Crippen LogP contribution in [0.3, 0.4) is 0 Å². The van der Waals surface area contributed by atoms with E-state index in [2.05, 4.69) is 10.4 Å². The maximum atomic E-state index is 12.0. The molecule has 0 radical (unpaired) electrons. The van der Waals surface area contributed by atoms with Gasteiger partial charge in [-0.25, -0.2) is 0 Å². The zero-order valence-electron chi connectivity index (χ0n) is 10.9. The monoisotopic (exact) mass is 331 g/mol. The Balaban J connectivity index is 2.15. The zero-order valence-corrected chi connectivity index (χ0v) is 13.1. The summed E-state index contributed by atoms with van der Waals surface area (Å²) in [7, 11) is 0. The van der Waals surface area contributed by atoms with Gasteiger partial charge >= 0.3 is 0 Å². The second-order valence-corrected chi connectivity index (χ2v) is 5.48. The quantitative estimate of drug-likeness (QED) is 0.920. The van der Waals surface area contributed by atoms with E-state index in [1.165, 1.54) is 4.68 Å². The van der Waals surface area contributed by atoms with Crippen LogP contribution >= 0.6 is 34.8 Å². The maximum Gasteiger partial charge on any atom is 0.246 e. The van der Waals surface area contributed by atoms with E-state index in [0.29, 0.717) is 26.4 Å². The lowest BCUT2D eigenvalue weighted by molar-refractivity contribution is -0.116. The van der Waals surface area contributed by atoms with Gasteiger partial charge in [0.05, 0.1) is 32.1 Å². The topological polar surface area (TPSA) is 46.9 Å². The number of amides is 1. The van der Waals surface area contributed by atoms with E-state index in [1.54, 1.807) is 32.0 Å². The minimum atomic E-state index is -0.276. The summed E-state index contributed by atoms with van der Waals surface area (Å²) in [6, 6.07) is 5.02. The number of rotatable bonds is 3. The molecule has 1 N–H and O–H groups in total. The van der Waals surface area contributed by atoms with Gasteiger partial charge in [0.1, 0.15) is 6.54 Å². The fourth-order valence-corrected chi connectivity index (χ4v) is 2.39. The van der Waals surface area contributed by atoms with Gasteiger partial charge in [-0.15, -0.1) is 0 Å². The summed E-state index contributed by atoms with van der Waals surface area (Å²) in [6.07, 6.45) is 0. The zero-order chi connectivity index (χ0) is 14.9. The Bertz CT molecular complexity index is 647. The van der Waals surface area contributed by atoms with E-state index in [-0.39, 0.29) is 12.5 Å². The number of anilines is 1. The second-order valence-electron chi connectivity index (χ2n) is 4.29. The third-order valence-corrected chi connectivity index (χ3v) is 3.99. The molecule has 0 aliphatic heterocycles. The Morgan fingerprint density at radius 1 is 1.25 bits per heavy atom. The molecule has 1 heterocycles. The number of nitrogens with one attached hydrogen (secondary N) is 1. The Labute approximate surface area is 131 Å². The molecule has 106 valence electrons. The van der Waals surface area contributed by atoms with Gasteiger partial charge in [0.25, 0.3) is 0 Å². The van der Waals surface area contributed by atoms with Gasteiger partial charge < -0.3 is 5.32 Å². The summed E-state index contributed by atoms with van der Waals surface area (Å²) < 4.78 is 1.54. The van der Waals surface area contributed by atoms with Crippen LogP contribution in [-0.4, -0.2) is 15.7 Å². The van der Waals surface area contributed by atoms with Gasteiger partial charge in [-0.2, -0.15) is 5.10 Å². The smallest absolute Gasteiger partial charge is 0.246 e. The van der Waals surface area contributed by atoms with Gasteiger partial charge in [0, 0.05) is 0 Å². The van der Waals surface area contributed by atoms with Crippen molar-refractivity contribution >= 4 is 46.4 Å². The second kappa shape index (κ2) is 6.04. The number of halogens is 3. The summed E-state index contributed by atoms with van der Waals surface area (Å²) in [5.41, 5.74) is 1.82. The molecule has 0 fully saturated rings. The number of carbonyl (C=O) groups is 1. The van der Waals surface area contributed by atoms with E-state index in [9.17, 15) is 4.79 Å². The Hall–Kier alpha value is -1.23. The van der Waals surface area contributed by atoms with E-state index in [1.807, 2.05) is 0 Å². The molecule has 0 bridgehead atoms. The Morgan fingerprint density at radius 3 is 2.35 bits per heavy atom. The van der Waals surface area contributed by atoms with Crippen LogP contribution in [-0.2, 0) is 11.3 Å². The number of benzene rings is 1. The fraction of sp³-hybridized carbons (Fsp3) is 0.231. The third-order valence-electron chi connectivity index (χ3n) is 2.81. The van der Waals surface area contributed by atoms with Gasteiger partial charge in [0.2, 0.25) is 5.91 Å². The first-order valence-corrected chi connectivity index (χ1v) is 6.97. The fourth-order valence-electron chi connectivity index (χ4n) is 1.76. The molecule has 2 aromatic rings. The first-order valence-electron chi connectivity index (χ1n) is 5.83. The number of carbonyl (C=O) groups excluding carboxylic acids is 1. The first kappa shape index (κ1) is 15.2. The molecule has 0 atom stereocenters. The SMILES string of the molecule is Cc1nn(CC(=O)Nc2c(Cl)cccc2Cl)c(C)c1Cl. The van der Waals surface area contributed by atoms with Crippen LogP contribution in [0.4, 0.5) is 5.69 Å². The molecule has 7 heteroatoms. The molecule has 1 aromatic carbocycles. The average Bonchev–Trinajstić information content (AvgIpc) is 2.62. The van der Waals surface area contributed by atoms with Crippen molar-refractivity contribution in [1.29, 1.82) is 0 Å². The number of hydrogen-bond donors (Lipinski definition) is 1. The molecule has 0 saturated carbocycles. The number of hydrogen-bond acceptors (Lipinski definition) is 2. The van der Waals surface area contributed by atoms with Crippen molar-refractivity contribution in [3.05, 3.63) is 44.7 Å². The maximum absolute atomic E-state index is 12.0. The standard InChI is InChI=1S/C13H12Cl3N3O/c1-7-12(16)8(2)19(18-7)6-11(20)17-13-9(14)4-3-5-10(13)15/h3-5H,6H2,1-2H3,(H,17,20). The van der Waals surface area contributed by atoms with E-state index in [0.717, 1.165) is 5.69 Å². The lowest BCUT2D eigenvalue weighted by Gasteiger charge is -2.09. The minimum absolute atomic E-state index is 0.0426. The van der Waals surface area contributed by atoms with Crippen molar-refractivity contribution in [2.45, 2.75) is 20.4 Å². The van der Waals surface area contributed by atoms with Crippen LogP contribution in [0, 0.1) is 13.8 Å². The molecule has 1 amide bonds. The summed E-state index contributed by atoms with van der Waals surface area (Å²) in [6.45, 7) is 3.63. The summed E-state index contributed by atoms with van der Waals surface area (Å²) in [5.74, 6) is -0.276. The van der Waals surface area contributed by atoms with Crippen molar-refractivity contribution in [3.63, 3.8) is 0 Å². The van der Waals surface area contributed by atoms with Gasteiger partial charge in [0.15, 0.2) is 0 Å². The Morgan fingerprint density at radius 2 is 1.85 bits per heavy atom. The van der Waals surface area contributed by atoms with Crippen LogP contribution in [0.25, 0.3) is 0 Å². The summed E-state index contributed by atoms with van der Waals surface area (Å²) in [5, 5.41) is 8.21. The largest absolute Gasteiger partial charge is 0.322 e. The van der Waals surface area contributed by atoms with Crippen molar-refractivity contribution in [2.24, 2.45) is 0 Å². The van der Waals surface area contributed by atoms with E-state index >= 15 is 0 Å². The average molecular weight is 333 g/mol. The van der Waals surface area contributed by atoms with Crippen molar-refractivity contribution in [3.8, 4) is 0 Å². The van der Waals surface area contributed by atoms with Gasteiger partial charge in [-0.05, 0) is 26.0 Å². The number of nitrogens with zero attached hydrogens (tertiary/aromatic N) is 2. The van der Waals surface area contributed by atoms with Crippen molar-refractivity contribution < 1.29 is 4.79 Å². The third kappa shape index (κ3) is 3.08. The van der Waals surface area contributed by atoms with Gasteiger partial charge in [-0.1, -0.05) is 40.9 Å². The molecule has 0 unspecified atom stereocenters. The number of para-hydroxylation sites is 1. The van der Waals surface area contributed by atoms with E-state index < -0.39 is 0 Å². The highest BCUT2D eigenvalue weighted by atomic mass is 35.5. The molecule has 0 saturated heterocycles. The molecular formula is C13H12Cl3N3O. The normalized spacial score (nSPS) is 10.7. The lowest BCUT2D eigenvalue weighted by Crippen LogP contribution is -2.20. The summed E-state index contributed by atoms with van der Waals surface area (Å²) in [4.78, 5) is 12.0. The van der Waals surface area contributed by atoms with Crippen LogP contribution in [0.2, 0.25) is 15.1 Å². The molecule has 0 aliphatic rings. The molecular weight excluding hydrogens is 321 g/mol. The highest BCUT2D eigenvalue weighted by Crippen LogP contribution is 2.29. The highest BCUT2D eigenvalue weighted by Gasteiger charge is 2.14. The number of aryl methyl sites for hydroxylation is 1. The molecule has 0 aliphatic carbocycles. The van der Waals surface area contributed by atoms with Crippen molar-refractivity contribution in [2.75, 3.05) is 5.32 Å². The Kier molecular flexibility index (Phi) is 4.58. The highest BCUT2D eigenvalue weighted by molar-refractivity contribution is 6.39. The number of aromatic nitrogens is 2. The predicted octanol–water partition coefficient (Wildman–Crippen LogP) is 4.10. The van der Waals surface area contributed by atoms with Crippen LogP contribution in [0.5, 0.6) is 0 Å². The molecule has 0 spiro atoms. The summed E-state index contributed by atoms with van der Waals surface area (Å²) >= 11 is 18.0. The lowest BCUT2D eigenvalue weighted by atomic mass is 10.3. The van der Waals surface area contributed by atoms with Gasteiger partial charge in [-0.3, -0.25) is 9.48 Å². The molecule has 4 nitrogen and oxygen atoms in total. The van der Waals surface area contributed by atoms with Crippen LogP contribution in [0.1, 0.15) is 11.4 Å². The predicted molar refractivity (Wildman–Crippen MR) is 81.8 cm³/mol. The molecule has 1 aromatic heterocycles. The molecule has 2 rings (SSSR count). The molecule has 20 heavy (non-hydrogen) atoms. The van der Waals surface area contributed by atoms with Crippen LogP contribution in [0.15, 0.2) is 18.2 Å².